The number of carbonyl (C=O) groups is 1. The van der Waals surface area contributed by atoms with Crippen LogP contribution in [-0.2, 0) is 4.79 Å². The van der Waals surface area contributed by atoms with E-state index >= 15 is 0 Å². The number of nitrogens with zero attached hydrogens (tertiary/aromatic N) is 1. The number of aromatic nitrogens is 1. The number of pyridine rings is 1. The standard InChI is InChI=1S/C13H11F3N2O2/c1-8-6-10(9-2-4-17-5-3-9)7-12(18-8,11(19)20)13(14,15)16/h2-7,18H,1H3,(H,19,20). The lowest BCUT2D eigenvalue weighted by Crippen LogP contribution is -2.61. The number of carboxylic acid groups (broad SMARTS) is 1. The van der Waals surface area contributed by atoms with Crippen molar-refractivity contribution >= 4 is 11.5 Å². The molecule has 2 rings (SSSR count). The number of aliphatic carboxylic acids is 1. The fraction of sp³-hybridized carbons (Fsp3) is 0.231. The SMILES string of the molecule is CC1=CC(c2ccncc2)=CC(C(=O)O)(C(F)(F)F)N1. The van der Waals surface area contributed by atoms with E-state index in [1.165, 1.54) is 37.5 Å². The summed E-state index contributed by atoms with van der Waals surface area (Å²) in [6, 6.07) is 3.04. The van der Waals surface area contributed by atoms with Crippen molar-refractivity contribution in [3.8, 4) is 0 Å². The van der Waals surface area contributed by atoms with Crippen LogP contribution in [0.15, 0.2) is 42.4 Å². The van der Waals surface area contributed by atoms with Gasteiger partial charge >= 0.3 is 12.1 Å². The molecule has 0 bridgehead atoms. The van der Waals surface area contributed by atoms with Crippen LogP contribution in [0.25, 0.3) is 5.57 Å². The lowest BCUT2D eigenvalue weighted by Gasteiger charge is -2.34. The third kappa shape index (κ3) is 2.26. The van der Waals surface area contributed by atoms with Gasteiger partial charge in [0.2, 0.25) is 0 Å². The second-order valence-electron chi connectivity index (χ2n) is 4.40. The zero-order valence-electron chi connectivity index (χ0n) is 10.4. The van der Waals surface area contributed by atoms with Crippen LogP contribution in [0, 0.1) is 0 Å². The van der Waals surface area contributed by atoms with E-state index in [-0.39, 0.29) is 11.3 Å². The van der Waals surface area contributed by atoms with Crippen LogP contribution in [0.1, 0.15) is 12.5 Å². The van der Waals surface area contributed by atoms with Gasteiger partial charge in [0.1, 0.15) is 0 Å². The van der Waals surface area contributed by atoms with Crippen LogP contribution in [0.5, 0.6) is 0 Å². The molecule has 20 heavy (non-hydrogen) atoms. The van der Waals surface area contributed by atoms with Crippen LogP contribution < -0.4 is 5.32 Å². The summed E-state index contributed by atoms with van der Waals surface area (Å²) in [5.74, 6) is -2.00. The summed E-state index contributed by atoms with van der Waals surface area (Å²) in [5, 5.41) is 11.1. The summed E-state index contributed by atoms with van der Waals surface area (Å²) in [5.41, 5.74) is -2.34. The average Bonchev–Trinajstić information content (AvgIpc) is 2.37. The Labute approximate surface area is 112 Å². The second kappa shape index (κ2) is 4.66. The van der Waals surface area contributed by atoms with Crippen molar-refractivity contribution in [1.29, 1.82) is 0 Å². The number of hydrogen-bond donors (Lipinski definition) is 2. The van der Waals surface area contributed by atoms with Crippen molar-refractivity contribution in [2.45, 2.75) is 18.6 Å². The zero-order chi connectivity index (χ0) is 15.0. The lowest BCUT2D eigenvalue weighted by atomic mass is 9.89. The highest BCUT2D eigenvalue weighted by Gasteiger charge is 2.60. The molecule has 0 radical (unpaired) electrons. The lowest BCUT2D eigenvalue weighted by molar-refractivity contribution is -0.197. The minimum absolute atomic E-state index is 0.124. The molecule has 1 aromatic heterocycles. The Hall–Kier alpha value is -2.31. The second-order valence-corrected chi connectivity index (χ2v) is 4.40. The molecule has 0 aromatic carbocycles. The summed E-state index contributed by atoms with van der Waals surface area (Å²) in [4.78, 5) is 15.0. The maximum Gasteiger partial charge on any atom is 0.426 e. The Bertz CT molecular complexity index is 593. The first kappa shape index (κ1) is 14.1. The molecule has 4 nitrogen and oxygen atoms in total. The van der Waals surface area contributed by atoms with E-state index in [4.69, 9.17) is 5.11 Å². The summed E-state index contributed by atoms with van der Waals surface area (Å²) in [6.07, 6.45) is 0.0292. The number of carboxylic acids is 1. The van der Waals surface area contributed by atoms with Crippen LogP contribution in [-0.4, -0.2) is 27.8 Å². The molecule has 2 N–H and O–H groups in total. The van der Waals surface area contributed by atoms with E-state index in [9.17, 15) is 18.0 Å². The van der Waals surface area contributed by atoms with Crippen LogP contribution in [0.3, 0.4) is 0 Å². The fourth-order valence-electron chi connectivity index (χ4n) is 1.99. The van der Waals surface area contributed by atoms with Gasteiger partial charge < -0.3 is 10.4 Å². The Balaban J connectivity index is 2.60. The van der Waals surface area contributed by atoms with Gasteiger partial charge in [-0.2, -0.15) is 13.2 Å². The van der Waals surface area contributed by atoms with E-state index < -0.39 is 17.7 Å². The number of nitrogens with one attached hydrogen (secondary N) is 1. The quantitative estimate of drug-likeness (QED) is 0.875. The molecule has 1 aliphatic heterocycles. The average molecular weight is 284 g/mol. The van der Waals surface area contributed by atoms with Crippen LogP contribution in [0.2, 0.25) is 0 Å². The van der Waals surface area contributed by atoms with Gasteiger partial charge in [0.25, 0.3) is 5.54 Å². The normalized spacial score (nSPS) is 22.6. The molecule has 0 aliphatic carbocycles. The van der Waals surface area contributed by atoms with Crippen molar-refractivity contribution in [1.82, 2.24) is 10.3 Å². The minimum atomic E-state index is -4.97. The van der Waals surface area contributed by atoms with Crippen LogP contribution >= 0.6 is 0 Å². The topological polar surface area (TPSA) is 62.2 Å². The van der Waals surface area contributed by atoms with E-state index in [0.717, 1.165) is 0 Å². The predicted molar refractivity (Wildman–Crippen MR) is 65.5 cm³/mol. The molecular formula is C13H11F3N2O2. The van der Waals surface area contributed by atoms with Crippen molar-refractivity contribution in [3.63, 3.8) is 0 Å². The number of rotatable bonds is 2. The molecule has 0 saturated heterocycles. The number of allylic oxidation sites excluding steroid dienone is 3. The highest BCUT2D eigenvalue weighted by atomic mass is 19.4. The largest absolute Gasteiger partial charge is 0.479 e. The molecule has 7 heteroatoms. The maximum atomic E-state index is 13.2. The van der Waals surface area contributed by atoms with Crippen molar-refractivity contribution in [2.24, 2.45) is 0 Å². The number of halogens is 3. The zero-order valence-corrected chi connectivity index (χ0v) is 10.4. The monoisotopic (exact) mass is 284 g/mol. The highest BCUT2D eigenvalue weighted by Crippen LogP contribution is 2.38. The molecule has 1 atom stereocenters. The van der Waals surface area contributed by atoms with Crippen LogP contribution in [0.4, 0.5) is 13.2 Å². The molecule has 0 fully saturated rings. The third-order valence-corrected chi connectivity index (χ3v) is 2.94. The van der Waals surface area contributed by atoms with Gasteiger partial charge in [-0.3, -0.25) is 4.98 Å². The maximum absolute atomic E-state index is 13.2. The summed E-state index contributed by atoms with van der Waals surface area (Å²) >= 11 is 0. The molecule has 1 aromatic rings. The van der Waals surface area contributed by atoms with Crippen molar-refractivity contribution < 1.29 is 23.1 Å². The number of dihydropyridines is 1. The van der Waals surface area contributed by atoms with Gasteiger partial charge in [0.15, 0.2) is 0 Å². The van der Waals surface area contributed by atoms with Gasteiger partial charge in [-0.25, -0.2) is 4.79 Å². The van der Waals surface area contributed by atoms with E-state index in [1.54, 1.807) is 0 Å². The van der Waals surface area contributed by atoms with Crippen molar-refractivity contribution in [3.05, 3.63) is 47.9 Å². The predicted octanol–water partition coefficient (Wildman–Crippen LogP) is 2.36. The summed E-state index contributed by atoms with van der Waals surface area (Å²) < 4.78 is 39.5. The Kier molecular flexibility index (Phi) is 3.29. The molecule has 2 heterocycles. The Morgan fingerprint density at radius 3 is 2.45 bits per heavy atom. The van der Waals surface area contributed by atoms with Crippen molar-refractivity contribution in [2.75, 3.05) is 0 Å². The van der Waals surface area contributed by atoms with Gasteiger partial charge in [0, 0.05) is 18.1 Å². The van der Waals surface area contributed by atoms with Gasteiger partial charge in [0.05, 0.1) is 0 Å². The minimum Gasteiger partial charge on any atom is -0.479 e. The first-order valence-electron chi connectivity index (χ1n) is 5.66. The van der Waals surface area contributed by atoms with E-state index in [1.807, 2.05) is 5.32 Å². The smallest absolute Gasteiger partial charge is 0.426 e. The first-order valence-corrected chi connectivity index (χ1v) is 5.66. The third-order valence-electron chi connectivity index (χ3n) is 2.94. The molecular weight excluding hydrogens is 273 g/mol. The Morgan fingerprint density at radius 1 is 1.35 bits per heavy atom. The fourth-order valence-corrected chi connectivity index (χ4v) is 1.99. The molecule has 106 valence electrons. The van der Waals surface area contributed by atoms with Gasteiger partial charge in [-0.15, -0.1) is 0 Å². The highest BCUT2D eigenvalue weighted by molar-refractivity contribution is 5.90. The first-order chi connectivity index (χ1) is 9.26. The molecule has 1 unspecified atom stereocenters. The molecule has 0 amide bonds. The van der Waals surface area contributed by atoms with E-state index in [2.05, 4.69) is 4.98 Å². The summed E-state index contributed by atoms with van der Waals surface area (Å²) in [7, 11) is 0. The molecule has 1 aliphatic rings. The van der Waals surface area contributed by atoms with E-state index in [0.29, 0.717) is 11.6 Å². The molecule has 0 spiro atoms. The van der Waals surface area contributed by atoms with Gasteiger partial charge in [-0.05, 0) is 42.3 Å². The summed E-state index contributed by atoms with van der Waals surface area (Å²) in [6.45, 7) is 1.39. The molecule has 0 saturated carbocycles. The number of alkyl halides is 3. The van der Waals surface area contributed by atoms with Gasteiger partial charge in [-0.1, -0.05) is 0 Å². The number of hydrogen-bond acceptors (Lipinski definition) is 3. The Morgan fingerprint density at radius 2 is 1.95 bits per heavy atom.